The summed E-state index contributed by atoms with van der Waals surface area (Å²) >= 11 is 1.18. The largest absolute Gasteiger partial charge is 0.486 e. The number of hydrogen-bond donors (Lipinski definition) is 1. The number of hydrogen-bond acceptors (Lipinski definition) is 6. The quantitative estimate of drug-likeness (QED) is 0.596. The minimum Gasteiger partial charge on any atom is -0.486 e. The van der Waals surface area contributed by atoms with Gasteiger partial charge in [0, 0.05) is 24.3 Å². The molecule has 8 heteroatoms. The minimum absolute atomic E-state index is 0.000505. The molecule has 0 spiro atoms. The fourth-order valence-electron chi connectivity index (χ4n) is 3.49. The number of nitrogens with zero attached hydrogens (tertiary/aromatic N) is 3. The Morgan fingerprint density at radius 1 is 1.12 bits per heavy atom. The van der Waals surface area contributed by atoms with Gasteiger partial charge in [-0.15, -0.1) is 10.2 Å². The average Bonchev–Trinajstić information content (AvgIpc) is 3.28. The smallest absolute Gasteiger partial charge is 0.286 e. The molecule has 3 aromatic rings. The van der Waals surface area contributed by atoms with Crippen LogP contribution in [0.4, 0.5) is 5.69 Å². The number of piperidine rings is 1. The highest BCUT2D eigenvalue weighted by Crippen LogP contribution is 2.21. The highest BCUT2D eigenvalue weighted by molar-refractivity contribution is 7.13. The van der Waals surface area contributed by atoms with Gasteiger partial charge in [0.2, 0.25) is 5.01 Å². The van der Waals surface area contributed by atoms with Crippen LogP contribution in [0.2, 0.25) is 0 Å². The second kappa shape index (κ2) is 9.91. The van der Waals surface area contributed by atoms with E-state index in [9.17, 15) is 9.59 Å². The van der Waals surface area contributed by atoms with Crippen molar-refractivity contribution in [1.82, 2.24) is 15.1 Å². The molecule has 0 bridgehead atoms. The number of rotatable bonds is 6. The summed E-state index contributed by atoms with van der Waals surface area (Å²) in [4.78, 5) is 27.3. The van der Waals surface area contributed by atoms with E-state index >= 15 is 0 Å². The Morgan fingerprint density at radius 2 is 1.88 bits per heavy atom. The molecule has 0 atom stereocenters. The molecule has 1 aliphatic heterocycles. The van der Waals surface area contributed by atoms with Crippen LogP contribution in [0.3, 0.4) is 0 Å². The maximum Gasteiger partial charge on any atom is 0.286 e. The molecule has 0 saturated carbocycles. The molecule has 7 nitrogen and oxygen atoms in total. The van der Waals surface area contributed by atoms with Gasteiger partial charge in [-0.25, -0.2) is 0 Å². The Hall–Kier alpha value is -3.26. The zero-order chi connectivity index (χ0) is 22.5. The van der Waals surface area contributed by atoms with Crippen molar-refractivity contribution in [1.29, 1.82) is 0 Å². The summed E-state index contributed by atoms with van der Waals surface area (Å²) < 4.78 is 5.70. The van der Waals surface area contributed by atoms with Gasteiger partial charge in [-0.2, -0.15) is 0 Å². The summed E-state index contributed by atoms with van der Waals surface area (Å²) in [7, 11) is 0. The molecule has 32 heavy (non-hydrogen) atoms. The molecule has 2 heterocycles. The molecular formula is C24H26N4O3S. The van der Waals surface area contributed by atoms with E-state index in [1.54, 1.807) is 24.3 Å². The second-order valence-electron chi connectivity index (χ2n) is 8.11. The van der Waals surface area contributed by atoms with Crippen LogP contribution in [0.25, 0.3) is 0 Å². The van der Waals surface area contributed by atoms with Gasteiger partial charge in [0.15, 0.2) is 5.01 Å². The molecular weight excluding hydrogens is 424 g/mol. The van der Waals surface area contributed by atoms with Crippen LogP contribution in [-0.4, -0.2) is 40.0 Å². The van der Waals surface area contributed by atoms with Crippen LogP contribution in [0, 0.1) is 12.8 Å². The minimum atomic E-state index is -0.361. The summed E-state index contributed by atoms with van der Waals surface area (Å²) in [5.41, 5.74) is 2.28. The van der Waals surface area contributed by atoms with Crippen molar-refractivity contribution in [2.75, 3.05) is 18.4 Å². The zero-order valence-electron chi connectivity index (χ0n) is 18.2. The molecule has 1 aromatic heterocycles. The van der Waals surface area contributed by atoms with Crippen LogP contribution in [-0.2, 0) is 6.61 Å². The monoisotopic (exact) mass is 450 g/mol. The molecule has 0 aliphatic carbocycles. The van der Waals surface area contributed by atoms with E-state index in [1.807, 2.05) is 36.1 Å². The van der Waals surface area contributed by atoms with Crippen LogP contribution in [0.15, 0.2) is 48.5 Å². The Morgan fingerprint density at radius 3 is 2.62 bits per heavy atom. The molecule has 2 amide bonds. The topological polar surface area (TPSA) is 84.4 Å². The first-order valence-electron chi connectivity index (χ1n) is 10.7. The summed E-state index contributed by atoms with van der Waals surface area (Å²) in [6, 6.07) is 14.7. The lowest BCUT2D eigenvalue weighted by Crippen LogP contribution is -2.37. The van der Waals surface area contributed by atoms with Crippen LogP contribution >= 0.6 is 11.3 Å². The number of aryl methyl sites for hydroxylation is 1. The van der Waals surface area contributed by atoms with E-state index in [0.717, 1.165) is 37.2 Å². The third-order valence-corrected chi connectivity index (χ3v) is 6.38. The first-order valence-corrected chi connectivity index (χ1v) is 11.5. The third-order valence-electron chi connectivity index (χ3n) is 5.48. The van der Waals surface area contributed by atoms with Gasteiger partial charge in [0.05, 0.1) is 0 Å². The van der Waals surface area contributed by atoms with Crippen LogP contribution < -0.4 is 10.1 Å². The van der Waals surface area contributed by atoms with E-state index in [4.69, 9.17) is 4.74 Å². The fourth-order valence-corrected chi connectivity index (χ4v) is 4.14. The Balaban J connectivity index is 1.35. The predicted octanol–water partition coefficient (Wildman–Crippen LogP) is 4.55. The number of likely N-dealkylation sites (tertiary alicyclic amines) is 1. The van der Waals surface area contributed by atoms with Crippen molar-refractivity contribution in [3.8, 4) is 5.75 Å². The number of ether oxygens (including phenoxy) is 1. The van der Waals surface area contributed by atoms with Crippen molar-refractivity contribution in [2.24, 2.45) is 5.92 Å². The van der Waals surface area contributed by atoms with Gasteiger partial charge in [-0.05, 0) is 56.0 Å². The molecule has 166 valence electrons. The van der Waals surface area contributed by atoms with Gasteiger partial charge in [0.25, 0.3) is 11.8 Å². The molecule has 1 aliphatic rings. The third kappa shape index (κ3) is 5.50. The van der Waals surface area contributed by atoms with Crippen molar-refractivity contribution in [3.63, 3.8) is 0 Å². The lowest BCUT2D eigenvalue weighted by atomic mass is 9.98. The molecule has 1 saturated heterocycles. The van der Waals surface area contributed by atoms with Crippen LogP contribution in [0.1, 0.15) is 50.5 Å². The second-order valence-corrected chi connectivity index (χ2v) is 9.17. The Labute approximate surface area is 191 Å². The number of aromatic nitrogens is 2. The van der Waals surface area contributed by atoms with Crippen molar-refractivity contribution in [3.05, 3.63) is 69.7 Å². The van der Waals surface area contributed by atoms with E-state index in [2.05, 4.69) is 22.4 Å². The van der Waals surface area contributed by atoms with Crippen molar-refractivity contribution in [2.45, 2.75) is 33.3 Å². The summed E-state index contributed by atoms with van der Waals surface area (Å²) in [6.07, 6.45) is 2.05. The van der Waals surface area contributed by atoms with Gasteiger partial charge in [-0.3, -0.25) is 9.59 Å². The van der Waals surface area contributed by atoms with E-state index in [-0.39, 0.29) is 23.4 Å². The first-order chi connectivity index (χ1) is 15.5. The molecule has 4 rings (SSSR count). The van der Waals surface area contributed by atoms with E-state index < -0.39 is 0 Å². The molecule has 1 fully saturated rings. The maximum absolute atomic E-state index is 12.8. The van der Waals surface area contributed by atoms with E-state index in [0.29, 0.717) is 22.2 Å². The standard InChI is InChI=1S/C24H26N4O3S/c1-16-6-8-20(9-7-16)31-15-21-26-27-23(32-21)22(29)25-19-5-3-4-18(14-19)24(30)28-12-10-17(2)11-13-28/h3-9,14,17H,10-13,15H2,1-2H3,(H,25,29). The Bertz CT molecular complexity index is 1090. The molecule has 1 N–H and O–H groups in total. The molecule has 0 unspecified atom stereocenters. The van der Waals surface area contributed by atoms with Crippen molar-refractivity contribution < 1.29 is 14.3 Å². The number of benzene rings is 2. The summed E-state index contributed by atoms with van der Waals surface area (Å²) in [5.74, 6) is 1.03. The summed E-state index contributed by atoms with van der Waals surface area (Å²) in [6.45, 7) is 6.01. The number of anilines is 1. The first kappa shape index (κ1) is 22.0. The predicted molar refractivity (Wildman–Crippen MR) is 124 cm³/mol. The van der Waals surface area contributed by atoms with Gasteiger partial charge < -0.3 is 15.0 Å². The van der Waals surface area contributed by atoms with Gasteiger partial charge in [0.1, 0.15) is 12.4 Å². The highest BCUT2D eigenvalue weighted by atomic mass is 32.1. The van der Waals surface area contributed by atoms with Gasteiger partial charge in [-0.1, -0.05) is 42.0 Å². The average molecular weight is 451 g/mol. The lowest BCUT2D eigenvalue weighted by Gasteiger charge is -2.30. The number of carbonyl (C=O) groups excluding carboxylic acids is 2. The SMILES string of the molecule is Cc1ccc(OCc2nnc(C(=O)Nc3cccc(C(=O)N4CCC(C)CC4)c3)s2)cc1. The normalized spacial score (nSPS) is 14.2. The highest BCUT2D eigenvalue weighted by Gasteiger charge is 2.22. The number of amides is 2. The van der Waals surface area contributed by atoms with Gasteiger partial charge >= 0.3 is 0 Å². The zero-order valence-corrected chi connectivity index (χ0v) is 19.0. The fraction of sp³-hybridized carbons (Fsp3) is 0.333. The van der Waals surface area contributed by atoms with Crippen LogP contribution in [0.5, 0.6) is 5.75 Å². The summed E-state index contributed by atoms with van der Waals surface area (Å²) in [5, 5.41) is 11.7. The molecule has 2 aromatic carbocycles. The Kier molecular flexibility index (Phi) is 6.80. The molecule has 0 radical (unpaired) electrons. The van der Waals surface area contributed by atoms with Crippen molar-refractivity contribution >= 4 is 28.8 Å². The lowest BCUT2D eigenvalue weighted by molar-refractivity contribution is 0.0697. The number of carbonyl (C=O) groups is 2. The number of nitrogens with one attached hydrogen (secondary N) is 1. The maximum atomic E-state index is 12.8. The van der Waals surface area contributed by atoms with E-state index in [1.165, 1.54) is 11.3 Å².